The average molecular weight is 252 g/mol. The van der Waals surface area contributed by atoms with Gasteiger partial charge >= 0.3 is 6.09 Å². The number of aliphatic hydroxyl groups excluding tert-OH is 1. The number of aromatic nitrogens is 1. The van der Waals surface area contributed by atoms with Gasteiger partial charge < -0.3 is 15.2 Å². The van der Waals surface area contributed by atoms with Crippen molar-refractivity contribution >= 4 is 6.09 Å². The Morgan fingerprint density at radius 3 is 2.89 bits per heavy atom. The lowest BCUT2D eigenvalue weighted by molar-refractivity contribution is 0.123. The topological polar surface area (TPSA) is 71.5 Å². The summed E-state index contributed by atoms with van der Waals surface area (Å²) in [5.41, 5.74) is 0.959. The number of rotatable bonds is 6. The summed E-state index contributed by atoms with van der Waals surface area (Å²) in [5, 5.41) is 11.9. The van der Waals surface area contributed by atoms with Crippen molar-refractivity contribution in [2.45, 2.75) is 26.3 Å². The number of ether oxygens (including phenoxy) is 1. The summed E-state index contributed by atoms with van der Waals surface area (Å²) in [5.74, 6) is 0.293. The van der Waals surface area contributed by atoms with Crippen molar-refractivity contribution in [3.05, 3.63) is 30.1 Å². The molecule has 0 spiro atoms. The molecule has 1 rings (SSSR count). The molecular weight excluding hydrogens is 232 g/mol. The molecule has 0 bridgehead atoms. The number of hydrogen-bond donors (Lipinski definition) is 2. The third-order valence-electron chi connectivity index (χ3n) is 2.30. The van der Waals surface area contributed by atoms with Gasteiger partial charge in [-0.3, -0.25) is 4.98 Å². The molecule has 2 N–H and O–H groups in total. The van der Waals surface area contributed by atoms with Gasteiger partial charge in [0.2, 0.25) is 0 Å². The second kappa shape index (κ2) is 7.66. The van der Waals surface area contributed by atoms with Gasteiger partial charge in [0.1, 0.15) is 0 Å². The van der Waals surface area contributed by atoms with Crippen LogP contribution < -0.4 is 5.32 Å². The van der Waals surface area contributed by atoms with E-state index in [0.717, 1.165) is 5.56 Å². The summed E-state index contributed by atoms with van der Waals surface area (Å²) in [7, 11) is 0. The molecule has 1 amide bonds. The van der Waals surface area contributed by atoms with Crippen LogP contribution in [0.25, 0.3) is 0 Å². The zero-order valence-corrected chi connectivity index (χ0v) is 10.8. The fraction of sp³-hybridized carbons (Fsp3) is 0.538. The van der Waals surface area contributed by atoms with Gasteiger partial charge in [-0.25, -0.2) is 4.79 Å². The van der Waals surface area contributed by atoms with E-state index < -0.39 is 6.09 Å². The molecule has 5 heteroatoms. The molecule has 0 radical (unpaired) electrons. The molecule has 1 aromatic heterocycles. The number of amides is 1. The van der Waals surface area contributed by atoms with Crippen LogP contribution in [0.1, 0.15) is 19.4 Å². The van der Waals surface area contributed by atoms with Gasteiger partial charge in [-0.05, 0) is 24.0 Å². The van der Waals surface area contributed by atoms with E-state index in [4.69, 9.17) is 4.74 Å². The van der Waals surface area contributed by atoms with E-state index >= 15 is 0 Å². The third-order valence-corrected chi connectivity index (χ3v) is 2.30. The van der Waals surface area contributed by atoms with Crippen molar-refractivity contribution < 1.29 is 14.6 Å². The van der Waals surface area contributed by atoms with Crippen LogP contribution in [0.15, 0.2) is 24.5 Å². The van der Waals surface area contributed by atoms with Crippen LogP contribution in [-0.2, 0) is 11.2 Å². The van der Waals surface area contributed by atoms with E-state index in [-0.39, 0.29) is 12.6 Å². The summed E-state index contributed by atoms with van der Waals surface area (Å²) < 4.78 is 5.00. The molecule has 1 heterocycles. The summed E-state index contributed by atoms with van der Waals surface area (Å²) >= 11 is 0. The zero-order chi connectivity index (χ0) is 13.4. The smallest absolute Gasteiger partial charge is 0.407 e. The maximum Gasteiger partial charge on any atom is 0.407 e. The molecule has 1 atom stereocenters. The number of carbonyl (C=O) groups is 1. The lowest BCUT2D eigenvalue weighted by Crippen LogP contribution is -2.39. The highest BCUT2D eigenvalue weighted by Gasteiger charge is 2.13. The highest BCUT2D eigenvalue weighted by atomic mass is 16.5. The van der Waals surface area contributed by atoms with E-state index in [1.807, 2.05) is 26.0 Å². The van der Waals surface area contributed by atoms with Crippen molar-refractivity contribution in [1.29, 1.82) is 0 Å². The minimum absolute atomic E-state index is 0.133. The van der Waals surface area contributed by atoms with E-state index in [1.54, 1.807) is 12.4 Å². The van der Waals surface area contributed by atoms with Crippen molar-refractivity contribution in [2.24, 2.45) is 5.92 Å². The number of alkyl carbamates (subject to hydrolysis) is 1. The van der Waals surface area contributed by atoms with Crippen LogP contribution in [0, 0.1) is 5.92 Å². The zero-order valence-electron chi connectivity index (χ0n) is 10.8. The maximum absolute atomic E-state index is 11.4. The standard InChI is InChI=1S/C13H20N2O3/c1-10(2)9-18-13(17)15-12(8-16)6-11-4-3-5-14-7-11/h3-5,7,10,12,16H,6,8-9H2,1-2H3,(H,15,17)/t12-/m0/s1. The lowest BCUT2D eigenvalue weighted by Gasteiger charge is -2.16. The average Bonchev–Trinajstić information content (AvgIpc) is 2.37. The van der Waals surface area contributed by atoms with E-state index in [9.17, 15) is 9.90 Å². The highest BCUT2D eigenvalue weighted by molar-refractivity contribution is 5.67. The number of hydrogen-bond acceptors (Lipinski definition) is 4. The number of aliphatic hydroxyl groups is 1. The Labute approximate surface area is 107 Å². The minimum Gasteiger partial charge on any atom is -0.449 e. The third kappa shape index (κ3) is 5.63. The molecular formula is C13H20N2O3. The molecule has 0 aliphatic rings. The van der Waals surface area contributed by atoms with Gasteiger partial charge in [-0.1, -0.05) is 19.9 Å². The maximum atomic E-state index is 11.4. The van der Waals surface area contributed by atoms with Crippen LogP contribution in [0.3, 0.4) is 0 Å². The first kappa shape index (κ1) is 14.4. The molecule has 0 saturated carbocycles. The van der Waals surface area contributed by atoms with Gasteiger partial charge in [-0.2, -0.15) is 0 Å². The summed E-state index contributed by atoms with van der Waals surface area (Å²) in [4.78, 5) is 15.4. The molecule has 18 heavy (non-hydrogen) atoms. The van der Waals surface area contributed by atoms with Crippen molar-refractivity contribution in [2.75, 3.05) is 13.2 Å². The van der Waals surface area contributed by atoms with Crippen molar-refractivity contribution in [3.8, 4) is 0 Å². The quantitative estimate of drug-likeness (QED) is 0.802. The number of nitrogens with zero attached hydrogens (tertiary/aromatic N) is 1. The molecule has 0 aromatic carbocycles. The molecule has 0 saturated heterocycles. The Morgan fingerprint density at radius 2 is 2.33 bits per heavy atom. The Morgan fingerprint density at radius 1 is 1.56 bits per heavy atom. The molecule has 0 unspecified atom stereocenters. The van der Waals surface area contributed by atoms with Crippen LogP contribution in [0.2, 0.25) is 0 Å². The predicted octanol–water partition coefficient (Wildman–Crippen LogP) is 1.37. The van der Waals surface area contributed by atoms with E-state index in [2.05, 4.69) is 10.3 Å². The lowest BCUT2D eigenvalue weighted by atomic mass is 10.1. The van der Waals surface area contributed by atoms with Gasteiger partial charge in [-0.15, -0.1) is 0 Å². The largest absolute Gasteiger partial charge is 0.449 e. The molecule has 5 nitrogen and oxygen atoms in total. The normalized spacial score (nSPS) is 12.2. The first-order chi connectivity index (χ1) is 8.61. The SMILES string of the molecule is CC(C)COC(=O)N[C@H](CO)Cc1cccnc1. The summed E-state index contributed by atoms with van der Waals surface area (Å²) in [6.07, 6.45) is 3.43. The Kier molecular flexibility index (Phi) is 6.14. The van der Waals surface area contributed by atoms with Crippen LogP contribution in [0.5, 0.6) is 0 Å². The second-order valence-electron chi connectivity index (χ2n) is 4.58. The van der Waals surface area contributed by atoms with Gasteiger partial charge in [0, 0.05) is 12.4 Å². The number of carbonyl (C=O) groups excluding carboxylic acids is 1. The van der Waals surface area contributed by atoms with Gasteiger partial charge in [0.05, 0.1) is 19.3 Å². The molecule has 100 valence electrons. The van der Waals surface area contributed by atoms with Crippen molar-refractivity contribution in [3.63, 3.8) is 0 Å². The fourth-order valence-electron chi connectivity index (χ4n) is 1.42. The van der Waals surface area contributed by atoms with Crippen LogP contribution in [-0.4, -0.2) is 35.4 Å². The first-order valence-electron chi connectivity index (χ1n) is 6.05. The van der Waals surface area contributed by atoms with E-state index in [1.165, 1.54) is 0 Å². The Balaban J connectivity index is 2.40. The number of pyridine rings is 1. The second-order valence-corrected chi connectivity index (χ2v) is 4.58. The van der Waals surface area contributed by atoms with Crippen LogP contribution >= 0.6 is 0 Å². The molecule has 1 aromatic rings. The fourth-order valence-corrected chi connectivity index (χ4v) is 1.42. The first-order valence-corrected chi connectivity index (χ1v) is 6.05. The molecule has 0 fully saturated rings. The van der Waals surface area contributed by atoms with Crippen LogP contribution in [0.4, 0.5) is 4.79 Å². The highest BCUT2D eigenvalue weighted by Crippen LogP contribution is 2.01. The molecule has 0 aliphatic carbocycles. The Bertz CT molecular complexity index is 355. The minimum atomic E-state index is -0.494. The summed E-state index contributed by atoms with van der Waals surface area (Å²) in [6, 6.07) is 3.37. The van der Waals surface area contributed by atoms with Gasteiger partial charge in [0.15, 0.2) is 0 Å². The Hall–Kier alpha value is -1.62. The van der Waals surface area contributed by atoms with E-state index in [0.29, 0.717) is 18.9 Å². The number of nitrogens with one attached hydrogen (secondary N) is 1. The van der Waals surface area contributed by atoms with Gasteiger partial charge in [0.25, 0.3) is 0 Å². The summed E-state index contributed by atoms with van der Waals surface area (Å²) in [6.45, 7) is 4.17. The van der Waals surface area contributed by atoms with Crippen molar-refractivity contribution in [1.82, 2.24) is 10.3 Å². The monoisotopic (exact) mass is 252 g/mol. The molecule has 0 aliphatic heterocycles. The predicted molar refractivity (Wildman–Crippen MR) is 68.1 cm³/mol.